The summed E-state index contributed by atoms with van der Waals surface area (Å²) >= 11 is 5.44. The number of methoxy groups -OCH3 is 1. The Hall–Kier alpha value is -0.240. The normalized spacial score (nSPS) is 12.7. The van der Waals surface area contributed by atoms with Crippen molar-refractivity contribution in [3.05, 3.63) is 0 Å². The molecule has 0 aromatic carbocycles. The largest absolute Gasteiger partial charge is 0.469 e. The molecule has 3 heteroatoms. The third-order valence-corrected chi connectivity index (χ3v) is 1.64. The Morgan fingerprint density at radius 3 is 2.70 bits per heavy atom. The zero-order valence-corrected chi connectivity index (χ0v) is 7.15. The van der Waals surface area contributed by atoms with Gasteiger partial charge >= 0.3 is 5.97 Å². The highest BCUT2D eigenvalue weighted by Gasteiger charge is 2.11. The Balaban J connectivity index is 3.41. The summed E-state index contributed by atoms with van der Waals surface area (Å²) in [4.78, 5) is 10.8. The minimum atomic E-state index is -0.148. The number of ether oxygens (including phenoxy) is 1. The van der Waals surface area contributed by atoms with E-state index in [1.165, 1.54) is 7.11 Å². The van der Waals surface area contributed by atoms with Crippen molar-refractivity contribution in [2.75, 3.05) is 13.0 Å². The minimum absolute atomic E-state index is 0.0104. The molecule has 0 fully saturated rings. The van der Waals surface area contributed by atoms with Crippen LogP contribution in [0.3, 0.4) is 0 Å². The second-order valence-corrected chi connectivity index (χ2v) is 2.63. The van der Waals surface area contributed by atoms with Gasteiger partial charge in [-0.1, -0.05) is 6.92 Å². The molecule has 2 nitrogen and oxygen atoms in total. The van der Waals surface area contributed by atoms with Crippen molar-refractivity contribution in [1.82, 2.24) is 0 Å². The van der Waals surface area contributed by atoms with Gasteiger partial charge in [0.15, 0.2) is 0 Å². The molecular weight excluding hydrogens is 152 g/mol. The van der Waals surface area contributed by atoms with Gasteiger partial charge in [-0.2, -0.15) is 0 Å². The van der Waals surface area contributed by atoms with Gasteiger partial charge in [-0.15, -0.1) is 11.6 Å². The first-order chi connectivity index (χ1) is 4.72. The van der Waals surface area contributed by atoms with Crippen molar-refractivity contribution in [2.45, 2.75) is 19.8 Å². The van der Waals surface area contributed by atoms with Crippen LogP contribution in [0.1, 0.15) is 19.8 Å². The molecule has 0 unspecified atom stereocenters. The van der Waals surface area contributed by atoms with Crippen molar-refractivity contribution < 1.29 is 9.53 Å². The summed E-state index contributed by atoms with van der Waals surface area (Å²) in [5.41, 5.74) is 0. The molecule has 0 amide bonds. The van der Waals surface area contributed by atoms with Gasteiger partial charge in [0.05, 0.1) is 13.0 Å². The van der Waals surface area contributed by atoms with E-state index in [2.05, 4.69) is 4.74 Å². The topological polar surface area (TPSA) is 26.3 Å². The maximum Gasteiger partial charge on any atom is 0.308 e. The second-order valence-electron chi connectivity index (χ2n) is 2.26. The third kappa shape index (κ3) is 3.72. The van der Waals surface area contributed by atoms with E-state index in [0.29, 0.717) is 5.88 Å². The molecule has 0 spiro atoms. The summed E-state index contributed by atoms with van der Waals surface area (Å²) in [5, 5.41) is 0. The lowest BCUT2D eigenvalue weighted by Gasteiger charge is -2.06. The van der Waals surface area contributed by atoms with Crippen LogP contribution in [0, 0.1) is 5.92 Å². The number of hydrogen-bond donors (Lipinski definition) is 0. The molecule has 10 heavy (non-hydrogen) atoms. The molecule has 0 aliphatic heterocycles. The van der Waals surface area contributed by atoms with E-state index in [1.807, 2.05) is 6.92 Å². The highest BCUT2D eigenvalue weighted by molar-refractivity contribution is 6.17. The molecule has 0 radical (unpaired) electrons. The molecular formula is C7H13ClO2. The van der Waals surface area contributed by atoms with Crippen LogP contribution in [0.15, 0.2) is 0 Å². The van der Waals surface area contributed by atoms with Gasteiger partial charge in [0.1, 0.15) is 0 Å². The van der Waals surface area contributed by atoms with Gasteiger partial charge in [0.25, 0.3) is 0 Å². The monoisotopic (exact) mass is 164 g/mol. The molecule has 0 aliphatic rings. The summed E-state index contributed by atoms with van der Waals surface area (Å²) < 4.78 is 4.53. The van der Waals surface area contributed by atoms with Crippen LogP contribution < -0.4 is 0 Å². The number of carbonyl (C=O) groups excluding carboxylic acids is 1. The fourth-order valence-electron chi connectivity index (χ4n) is 0.702. The van der Waals surface area contributed by atoms with E-state index in [4.69, 9.17) is 11.6 Å². The maximum absolute atomic E-state index is 10.8. The van der Waals surface area contributed by atoms with Crippen LogP contribution in [0.4, 0.5) is 0 Å². The molecule has 0 saturated heterocycles. The Labute approximate surface area is 66.5 Å². The zero-order valence-electron chi connectivity index (χ0n) is 6.39. The third-order valence-electron chi connectivity index (χ3n) is 1.37. The highest BCUT2D eigenvalue weighted by Crippen LogP contribution is 2.07. The van der Waals surface area contributed by atoms with Gasteiger partial charge in [0.2, 0.25) is 0 Å². The van der Waals surface area contributed by atoms with Crippen molar-refractivity contribution in [1.29, 1.82) is 0 Å². The average Bonchev–Trinajstić information content (AvgIpc) is 1.98. The zero-order chi connectivity index (χ0) is 7.98. The average molecular weight is 165 g/mol. The van der Waals surface area contributed by atoms with E-state index in [1.54, 1.807) is 0 Å². The predicted octanol–water partition coefficient (Wildman–Crippen LogP) is 1.81. The summed E-state index contributed by atoms with van der Waals surface area (Å²) in [7, 11) is 1.40. The first kappa shape index (κ1) is 9.76. The SMILES string of the molecule is COC(=O)[C@H](C)CCCCl. The van der Waals surface area contributed by atoms with Crippen LogP contribution >= 0.6 is 11.6 Å². The summed E-state index contributed by atoms with van der Waals surface area (Å²) in [6.45, 7) is 1.85. The Bertz CT molecular complexity index is 104. The summed E-state index contributed by atoms with van der Waals surface area (Å²) in [6.07, 6.45) is 1.69. The lowest BCUT2D eigenvalue weighted by Crippen LogP contribution is -2.12. The maximum atomic E-state index is 10.8. The Kier molecular flexibility index (Phi) is 5.40. The second kappa shape index (κ2) is 5.54. The Morgan fingerprint density at radius 1 is 1.70 bits per heavy atom. The van der Waals surface area contributed by atoms with Crippen molar-refractivity contribution in [3.63, 3.8) is 0 Å². The fraction of sp³-hybridized carbons (Fsp3) is 0.857. The smallest absolute Gasteiger partial charge is 0.308 e. The molecule has 1 atom stereocenters. The molecule has 0 rings (SSSR count). The highest BCUT2D eigenvalue weighted by atomic mass is 35.5. The molecule has 60 valence electrons. The van der Waals surface area contributed by atoms with Crippen LogP contribution in [-0.4, -0.2) is 19.0 Å². The quantitative estimate of drug-likeness (QED) is 0.468. The number of carbonyl (C=O) groups is 1. The molecule has 0 heterocycles. The standard InChI is InChI=1S/C7H13ClO2/c1-6(4-3-5-8)7(9)10-2/h6H,3-5H2,1-2H3/t6-/m1/s1. The van der Waals surface area contributed by atoms with Crippen LogP contribution in [0.2, 0.25) is 0 Å². The molecule has 0 aliphatic carbocycles. The van der Waals surface area contributed by atoms with Crippen molar-refractivity contribution in [2.24, 2.45) is 5.92 Å². The lowest BCUT2D eigenvalue weighted by molar-refractivity contribution is -0.145. The Morgan fingerprint density at radius 2 is 2.30 bits per heavy atom. The van der Waals surface area contributed by atoms with Gasteiger partial charge < -0.3 is 4.74 Å². The van der Waals surface area contributed by atoms with Gasteiger partial charge in [-0.3, -0.25) is 4.79 Å². The predicted molar refractivity (Wildman–Crippen MR) is 41.1 cm³/mol. The van der Waals surface area contributed by atoms with E-state index < -0.39 is 0 Å². The van der Waals surface area contributed by atoms with E-state index >= 15 is 0 Å². The van der Waals surface area contributed by atoms with Crippen LogP contribution in [0.5, 0.6) is 0 Å². The van der Waals surface area contributed by atoms with Gasteiger partial charge in [0, 0.05) is 5.88 Å². The molecule has 0 aromatic heterocycles. The summed E-state index contributed by atoms with van der Waals surface area (Å²) in [6, 6.07) is 0. The molecule has 0 bridgehead atoms. The van der Waals surface area contributed by atoms with Crippen molar-refractivity contribution >= 4 is 17.6 Å². The number of hydrogen-bond acceptors (Lipinski definition) is 2. The minimum Gasteiger partial charge on any atom is -0.469 e. The number of rotatable bonds is 4. The van der Waals surface area contributed by atoms with Crippen LogP contribution in [0.25, 0.3) is 0 Å². The number of alkyl halides is 1. The molecule has 0 aromatic rings. The molecule has 0 N–H and O–H groups in total. The van der Waals surface area contributed by atoms with E-state index in [9.17, 15) is 4.79 Å². The lowest BCUT2D eigenvalue weighted by atomic mass is 10.1. The van der Waals surface area contributed by atoms with E-state index in [0.717, 1.165) is 12.8 Å². The number of halogens is 1. The molecule has 0 saturated carbocycles. The van der Waals surface area contributed by atoms with Gasteiger partial charge in [-0.05, 0) is 12.8 Å². The number of esters is 1. The van der Waals surface area contributed by atoms with Crippen LogP contribution in [-0.2, 0) is 9.53 Å². The fourth-order valence-corrected chi connectivity index (χ4v) is 0.857. The van der Waals surface area contributed by atoms with Crippen molar-refractivity contribution in [3.8, 4) is 0 Å². The van der Waals surface area contributed by atoms with Gasteiger partial charge in [-0.25, -0.2) is 0 Å². The summed E-state index contributed by atoms with van der Waals surface area (Å²) in [5.74, 6) is 0.454. The van der Waals surface area contributed by atoms with E-state index in [-0.39, 0.29) is 11.9 Å². The first-order valence-corrected chi connectivity index (χ1v) is 3.89. The first-order valence-electron chi connectivity index (χ1n) is 3.36.